The Labute approximate surface area is 75.3 Å². The zero-order valence-electron chi connectivity index (χ0n) is 8.68. The number of aliphatic imine (C=N–C) groups is 1. The van der Waals surface area contributed by atoms with E-state index < -0.39 is 0 Å². The van der Waals surface area contributed by atoms with Crippen LogP contribution in [0.15, 0.2) is 4.99 Å². The van der Waals surface area contributed by atoms with Crippen molar-refractivity contribution < 1.29 is 0 Å². The van der Waals surface area contributed by atoms with E-state index in [1.54, 1.807) is 0 Å². The number of rotatable bonds is 2. The summed E-state index contributed by atoms with van der Waals surface area (Å²) in [4.78, 5) is 4.17. The van der Waals surface area contributed by atoms with E-state index in [0.717, 1.165) is 6.42 Å². The van der Waals surface area contributed by atoms with Crippen LogP contribution in [0, 0.1) is 16.7 Å². The molecule has 68 valence electrons. The van der Waals surface area contributed by atoms with E-state index in [2.05, 4.69) is 25.8 Å². The lowest BCUT2D eigenvalue weighted by Crippen LogP contribution is -2.24. The summed E-state index contributed by atoms with van der Waals surface area (Å²) >= 11 is 0. The SMILES string of the molecule is CC(C)(C)CC(C)(C)N=CC#N. The van der Waals surface area contributed by atoms with E-state index in [-0.39, 0.29) is 11.0 Å². The maximum atomic E-state index is 8.33. The molecular weight excluding hydrogens is 148 g/mol. The van der Waals surface area contributed by atoms with Crippen molar-refractivity contribution in [3.05, 3.63) is 0 Å². The van der Waals surface area contributed by atoms with Gasteiger partial charge in [0.2, 0.25) is 0 Å². The third-order valence-corrected chi connectivity index (χ3v) is 1.43. The number of nitriles is 1. The van der Waals surface area contributed by atoms with Gasteiger partial charge in [-0.1, -0.05) is 20.8 Å². The molecule has 0 fully saturated rings. The van der Waals surface area contributed by atoms with Gasteiger partial charge in [0.1, 0.15) is 6.07 Å². The average molecular weight is 166 g/mol. The molecule has 0 bridgehead atoms. The van der Waals surface area contributed by atoms with Crippen LogP contribution in [-0.2, 0) is 0 Å². The summed E-state index contributed by atoms with van der Waals surface area (Å²) in [6.45, 7) is 10.6. The Hall–Kier alpha value is -0.840. The first-order chi connectivity index (χ1) is 5.27. The van der Waals surface area contributed by atoms with E-state index in [0.29, 0.717) is 0 Å². The Morgan fingerprint density at radius 3 is 2.08 bits per heavy atom. The first-order valence-corrected chi connectivity index (χ1v) is 4.20. The minimum absolute atomic E-state index is 0.117. The second kappa shape index (κ2) is 3.71. The highest BCUT2D eigenvalue weighted by molar-refractivity contribution is 5.75. The van der Waals surface area contributed by atoms with Crippen LogP contribution >= 0.6 is 0 Å². The Balaban J connectivity index is 4.25. The molecule has 0 aliphatic rings. The highest BCUT2D eigenvalue weighted by atomic mass is 14.8. The number of hydrogen-bond acceptors (Lipinski definition) is 2. The van der Waals surface area contributed by atoms with Crippen molar-refractivity contribution in [3.63, 3.8) is 0 Å². The first-order valence-electron chi connectivity index (χ1n) is 4.20. The fraction of sp³-hybridized carbons (Fsp3) is 0.800. The second-order valence-corrected chi connectivity index (χ2v) is 4.94. The van der Waals surface area contributed by atoms with Gasteiger partial charge in [-0.25, -0.2) is 0 Å². The molecule has 0 aliphatic heterocycles. The van der Waals surface area contributed by atoms with E-state index in [1.165, 1.54) is 6.21 Å². The summed E-state index contributed by atoms with van der Waals surface area (Å²) < 4.78 is 0. The third-order valence-electron chi connectivity index (χ3n) is 1.43. The third kappa shape index (κ3) is 5.91. The van der Waals surface area contributed by atoms with Gasteiger partial charge >= 0.3 is 0 Å². The summed E-state index contributed by atoms with van der Waals surface area (Å²) in [5, 5.41) is 8.33. The van der Waals surface area contributed by atoms with Gasteiger partial charge in [0.25, 0.3) is 0 Å². The Morgan fingerprint density at radius 2 is 1.75 bits per heavy atom. The Morgan fingerprint density at radius 1 is 1.25 bits per heavy atom. The van der Waals surface area contributed by atoms with Crippen LogP contribution in [0.1, 0.15) is 41.0 Å². The molecule has 0 saturated heterocycles. The lowest BCUT2D eigenvalue weighted by Gasteiger charge is -2.28. The molecule has 0 spiro atoms. The van der Waals surface area contributed by atoms with Gasteiger partial charge in [-0.3, -0.25) is 4.99 Å². The molecule has 0 aromatic heterocycles. The van der Waals surface area contributed by atoms with E-state index in [9.17, 15) is 0 Å². The van der Waals surface area contributed by atoms with Gasteiger partial charge in [0, 0.05) is 0 Å². The smallest absolute Gasteiger partial charge is 0.111 e. The summed E-state index contributed by atoms with van der Waals surface area (Å²) in [6.07, 6.45) is 2.31. The van der Waals surface area contributed by atoms with Crippen molar-refractivity contribution in [1.82, 2.24) is 0 Å². The Bertz CT molecular complexity index is 201. The number of hydrogen-bond donors (Lipinski definition) is 0. The summed E-state index contributed by atoms with van der Waals surface area (Å²) in [7, 11) is 0. The minimum atomic E-state index is -0.117. The van der Waals surface area contributed by atoms with Crippen LogP contribution in [-0.4, -0.2) is 11.8 Å². The van der Waals surface area contributed by atoms with Gasteiger partial charge in [-0.05, 0) is 25.7 Å². The zero-order chi connectivity index (χ0) is 9.83. The molecule has 0 aromatic rings. The van der Waals surface area contributed by atoms with Gasteiger partial charge in [0.15, 0.2) is 0 Å². The lowest BCUT2D eigenvalue weighted by atomic mass is 9.82. The predicted molar refractivity (Wildman–Crippen MR) is 52.3 cm³/mol. The Kier molecular flexibility index (Phi) is 3.45. The maximum absolute atomic E-state index is 8.33. The van der Waals surface area contributed by atoms with Crippen molar-refractivity contribution >= 4 is 6.21 Å². The van der Waals surface area contributed by atoms with E-state index in [1.807, 2.05) is 19.9 Å². The van der Waals surface area contributed by atoms with E-state index in [4.69, 9.17) is 5.26 Å². The van der Waals surface area contributed by atoms with E-state index >= 15 is 0 Å². The van der Waals surface area contributed by atoms with Crippen molar-refractivity contribution in [2.45, 2.75) is 46.6 Å². The molecule has 0 amide bonds. The number of nitrogens with zero attached hydrogens (tertiary/aromatic N) is 2. The van der Waals surface area contributed by atoms with Gasteiger partial charge in [-0.2, -0.15) is 5.26 Å². The van der Waals surface area contributed by atoms with Gasteiger partial charge < -0.3 is 0 Å². The molecular formula is C10H18N2. The predicted octanol–water partition coefficient (Wildman–Crippen LogP) is 2.80. The normalized spacial score (nSPS) is 13.3. The van der Waals surface area contributed by atoms with Crippen LogP contribution in [0.2, 0.25) is 0 Å². The molecule has 0 rings (SSSR count). The summed E-state index contributed by atoms with van der Waals surface area (Å²) in [5.41, 5.74) is 0.143. The molecule has 0 N–H and O–H groups in total. The van der Waals surface area contributed by atoms with Gasteiger partial charge in [-0.15, -0.1) is 0 Å². The molecule has 0 radical (unpaired) electrons. The molecule has 0 atom stereocenters. The van der Waals surface area contributed by atoms with Crippen molar-refractivity contribution in [2.24, 2.45) is 10.4 Å². The standard InChI is InChI=1S/C10H18N2/c1-9(2,3)8-10(4,5)12-7-6-11/h7H,8H2,1-5H3. The summed E-state index contributed by atoms with van der Waals surface area (Å²) in [5.74, 6) is 0. The molecule has 12 heavy (non-hydrogen) atoms. The van der Waals surface area contributed by atoms with Crippen molar-refractivity contribution in [3.8, 4) is 6.07 Å². The van der Waals surface area contributed by atoms with Crippen LogP contribution in [0.4, 0.5) is 0 Å². The van der Waals surface area contributed by atoms with Crippen molar-refractivity contribution in [1.29, 1.82) is 5.26 Å². The second-order valence-electron chi connectivity index (χ2n) is 4.94. The van der Waals surface area contributed by atoms with Crippen molar-refractivity contribution in [2.75, 3.05) is 0 Å². The molecule has 2 nitrogen and oxygen atoms in total. The highest BCUT2D eigenvalue weighted by Crippen LogP contribution is 2.28. The molecule has 0 aromatic carbocycles. The lowest BCUT2D eigenvalue weighted by molar-refractivity contribution is 0.289. The zero-order valence-corrected chi connectivity index (χ0v) is 8.68. The van der Waals surface area contributed by atoms with Crippen LogP contribution in [0.3, 0.4) is 0 Å². The van der Waals surface area contributed by atoms with Crippen LogP contribution < -0.4 is 0 Å². The summed E-state index contributed by atoms with van der Waals surface area (Å²) in [6, 6.07) is 1.92. The maximum Gasteiger partial charge on any atom is 0.111 e. The monoisotopic (exact) mass is 166 g/mol. The molecule has 0 unspecified atom stereocenters. The fourth-order valence-corrected chi connectivity index (χ4v) is 1.55. The fourth-order valence-electron chi connectivity index (χ4n) is 1.55. The molecule has 0 heterocycles. The average Bonchev–Trinajstić information content (AvgIpc) is 1.78. The largest absolute Gasteiger partial charge is 0.276 e. The molecule has 2 heteroatoms. The minimum Gasteiger partial charge on any atom is -0.276 e. The van der Waals surface area contributed by atoms with Gasteiger partial charge in [0.05, 0.1) is 11.8 Å². The quantitative estimate of drug-likeness (QED) is 0.581. The molecule has 0 saturated carbocycles. The van der Waals surface area contributed by atoms with Crippen LogP contribution in [0.5, 0.6) is 0 Å². The first kappa shape index (κ1) is 11.2. The highest BCUT2D eigenvalue weighted by Gasteiger charge is 2.23. The molecule has 0 aliphatic carbocycles. The van der Waals surface area contributed by atoms with Crippen LogP contribution in [0.25, 0.3) is 0 Å². The topological polar surface area (TPSA) is 36.1 Å².